The van der Waals surface area contributed by atoms with Crippen LogP contribution in [0.1, 0.15) is 60.0 Å². The topological polar surface area (TPSA) is 102 Å². The molecule has 1 atom stereocenters. The second-order valence-electron chi connectivity index (χ2n) is 10.9. The standard InChI is InChI=1S/C34H32N6O3/c1-22(36-33(42)30-23(2)37-39-18-8-17-35-32(30)39)29-21-27-10-7-9-26(14-13-25-15-19-38(20-16-25)24(3)41)31(27)34(43)40(29)28-11-5-4-6-12-28/h4-12,17-18,21-22,25H,15-16,19-20H2,1-3H3,(H,36,42)/t22-/m0/s1. The fourth-order valence-electron chi connectivity index (χ4n) is 5.77. The van der Waals surface area contributed by atoms with Crippen LogP contribution in [0.15, 0.2) is 77.9 Å². The zero-order valence-corrected chi connectivity index (χ0v) is 24.4. The minimum absolute atomic E-state index is 0.0913. The number of aryl methyl sites for hydroxylation is 1. The lowest BCUT2D eigenvalue weighted by Crippen LogP contribution is -2.36. The highest BCUT2D eigenvalue weighted by Crippen LogP contribution is 2.25. The Morgan fingerprint density at radius 2 is 1.81 bits per heavy atom. The monoisotopic (exact) mass is 572 g/mol. The van der Waals surface area contributed by atoms with Crippen LogP contribution in [0.3, 0.4) is 0 Å². The molecule has 1 N–H and O–H groups in total. The molecule has 9 heteroatoms. The molecule has 9 nitrogen and oxygen atoms in total. The first-order valence-corrected chi connectivity index (χ1v) is 14.4. The summed E-state index contributed by atoms with van der Waals surface area (Å²) < 4.78 is 3.24. The summed E-state index contributed by atoms with van der Waals surface area (Å²) in [6.07, 6.45) is 5.01. The number of hydrogen-bond donors (Lipinski definition) is 1. The van der Waals surface area contributed by atoms with Crippen LogP contribution in [-0.4, -0.2) is 49.0 Å². The highest BCUT2D eigenvalue weighted by Gasteiger charge is 2.24. The van der Waals surface area contributed by atoms with Gasteiger partial charge in [-0.2, -0.15) is 5.10 Å². The van der Waals surface area contributed by atoms with Crippen molar-refractivity contribution in [1.82, 2.24) is 29.4 Å². The first-order valence-electron chi connectivity index (χ1n) is 14.4. The number of piperidine rings is 1. The first kappa shape index (κ1) is 27.9. The number of carbonyl (C=O) groups is 2. The molecule has 1 aliphatic rings. The Kier molecular flexibility index (Phi) is 7.51. The van der Waals surface area contributed by atoms with E-state index < -0.39 is 6.04 Å². The summed E-state index contributed by atoms with van der Waals surface area (Å²) in [7, 11) is 0. The molecule has 2 aromatic carbocycles. The minimum atomic E-state index is -0.524. The third-order valence-electron chi connectivity index (χ3n) is 8.03. The maximum atomic E-state index is 14.3. The average molecular weight is 573 g/mol. The van der Waals surface area contributed by atoms with Gasteiger partial charge in [0.2, 0.25) is 5.91 Å². The molecule has 3 aromatic heterocycles. The van der Waals surface area contributed by atoms with Gasteiger partial charge in [-0.1, -0.05) is 42.2 Å². The number of rotatable bonds is 4. The Morgan fingerprint density at radius 1 is 1.05 bits per heavy atom. The lowest BCUT2D eigenvalue weighted by atomic mass is 9.96. The van der Waals surface area contributed by atoms with E-state index in [1.165, 1.54) is 0 Å². The van der Waals surface area contributed by atoms with E-state index in [1.807, 2.05) is 66.4 Å². The van der Waals surface area contributed by atoms with E-state index in [0.717, 1.165) is 18.2 Å². The molecule has 1 aliphatic heterocycles. The molecule has 2 amide bonds. The van der Waals surface area contributed by atoms with E-state index in [2.05, 4.69) is 27.2 Å². The Labute approximate surface area is 249 Å². The molecular formula is C34H32N6O3. The molecule has 4 heterocycles. The van der Waals surface area contributed by atoms with E-state index in [0.29, 0.717) is 52.3 Å². The molecule has 1 saturated heterocycles. The predicted octanol–water partition coefficient (Wildman–Crippen LogP) is 4.44. The number of para-hydroxylation sites is 1. The van der Waals surface area contributed by atoms with E-state index in [1.54, 1.807) is 41.4 Å². The summed E-state index contributed by atoms with van der Waals surface area (Å²) in [6, 6.07) is 18.3. The molecular weight excluding hydrogens is 540 g/mol. The average Bonchev–Trinajstić information content (AvgIpc) is 3.36. The van der Waals surface area contributed by atoms with Crippen molar-refractivity contribution in [2.24, 2.45) is 5.92 Å². The molecule has 43 heavy (non-hydrogen) atoms. The maximum Gasteiger partial charge on any atom is 0.264 e. The first-order chi connectivity index (χ1) is 20.8. The zero-order valence-electron chi connectivity index (χ0n) is 24.4. The van der Waals surface area contributed by atoms with E-state index >= 15 is 0 Å². The van der Waals surface area contributed by atoms with Crippen LogP contribution >= 0.6 is 0 Å². The quantitative estimate of drug-likeness (QED) is 0.321. The number of fused-ring (bicyclic) bond motifs is 2. The summed E-state index contributed by atoms with van der Waals surface area (Å²) in [4.78, 5) is 45.7. The largest absolute Gasteiger partial charge is 0.344 e. The van der Waals surface area contributed by atoms with Crippen molar-refractivity contribution in [1.29, 1.82) is 0 Å². The van der Waals surface area contributed by atoms with E-state index in [9.17, 15) is 14.4 Å². The van der Waals surface area contributed by atoms with Gasteiger partial charge in [0.15, 0.2) is 5.65 Å². The van der Waals surface area contributed by atoms with Gasteiger partial charge in [-0.25, -0.2) is 9.50 Å². The van der Waals surface area contributed by atoms with Crippen molar-refractivity contribution in [2.75, 3.05) is 13.1 Å². The lowest BCUT2D eigenvalue weighted by Gasteiger charge is -2.28. The van der Waals surface area contributed by atoms with Gasteiger partial charge >= 0.3 is 0 Å². The zero-order chi connectivity index (χ0) is 30.1. The van der Waals surface area contributed by atoms with Gasteiger partial charge in [-0.05, 0) is 62.4 Å². The Bertz CT molecular complexity index is 1970. The number of pyridine rings is 1. The molecule has 0 aliphatic carbocycles. The van der Waals surface area contributed by atoms with Crippen LogP contribution in [0.5, 0.6) is 0 Å². The van der Waals surface area contributed by atoms with Crippen molar-refractivity contribution in [2.45, 2.75) is 39.7 Å². The van der Waals surface area contributed by atoms with E-state index in [-0.39, 0.29) is 23.3 Å². The van der Waals surface area contributed by atoms with Crippen LogP contribution in [0.25, 0.3) is 22.1 Å². The number of likely N-dealkylation sites (tertiary alicyclic amines) is 1. The normalized spacial score (nSPS) is 14.3. The molecule has 6 rings (SSSR count). The molecule has 216 valence electrons. The molecule has 0 saturated carbocycles. The minimum Gasteiger partial charge on any atom is -0.344 e. The Morgan fingerprint density at radius 3 is 2.56 bits per heavy atom. The highest BCUT2D eigenvalue weighted by atomic mass is 16.2. The maximum absolute atomic E-state index is 14.3. The fourth-order valence-corrected chi connectivity index (χ4v) is 5.77. The van der Waals surface area contributed by atoms with Gasteiger partial charge in [-0.15, -0.1) is 0 Å². The smallest absolute Gasteiger partial charge is 0.264 e. The van der Waals surface area contributed by atoms with Gasteiger partial charge in [0.05, 0.1) is 17.1 Å². The summed E-state index contributed by atoms with van der Waals surface area (Å²) in [5, 5.41) is 8.78. The third-order valence-corrected chi connectivity index (χ3v) is 8.03. The van der Waals surface area contributed by atoms with Crippen molar-refractivity contribution < 1.29 is 9.59 Å². The van der Waals surface area contributed by atoms with Crippen LogP contribution in [0.2, 0.25) is 0 Å². The Hall–Kier alpha value is -5.23. The Balaban J connectivity index is 1.40. The van der Waals surface area contributed by atoms with Crippen LogP contribution in [0.4, 0.5) is 0 Å². The van der Waals surface area contributed by atoms with Crippen LogP contribution in [0, 0.1) is 24.7 Å². The number of aromatic nitrogens is 4. The van der Waals surface area contributed by atoms with Crippen molar-refractivity contribution in [3.8, 4) is 17.5 Å². The number of hydrogen-bond acceptors (Lipinski definition) is 5. The van der Waals surface area contributed by atoms with Crippen LogP contribution in [-0.2, 0) is 4.79 Å². The van der Waals surface area contributed by atoms with Crippen molar-refractivity contribution >= 4 is 28.2 Å². The molecule has 0 bridgehead atoms. The molecule has 0 spiro atoms. The number of carbonyl (C=O) groups excluding carboxylic acids is 2. The second-order valence-corrected chi connectivity index (χ2v) is 10.9. The summed E-state index contributed by atoms with van der Waals surface area (Å²) >= 11 is 0. The third kappa shape index (κ3) is 5.40. The van der Waals surface area contributed by atoms with Gasteiger partial charge in [0.1, 0.15) is 5.56 Å². The molecule has 1 fully saturated rings. The van der Waals surface area contributed by atoms with Crippen LogP contribution < -0.4 is 10.9 Å². The number of benzene rings is 2. The van der Waals surface area contributed by atoms with Gasteiger partial charge in [-0.3, -0.25) is 19.0 Å². The number of amides is 2. The van der Waals surface area contributed by atoms with Crippen molar-refractivity contribution in [3.05, 3.63) is 106 Å². The van der Waals surface area contributed by atoms with Gasteiger partial charge in [0.25, 0.3) is 11.5 Å². The fraction of sp³-hybridized carbons (Fsp3) is 0.265. The summed E-state index contributed by atoms with van der Waals surface area (Å²) in [6.45, 7) is 6.63. The molecule has 5 aromatic rings. The van der Waals surface area contributed by atoms with E-state index in [4.69, 9.17) is 0 Å². The molecule has 0 unspecified atom stereocenters. The summed E-state index contributed by atoms with van der Waals surface area (Å²) in [5.74, 6) is 6.59. The SMILES string of the molecule is CC(=O)N1CCC(C#Cc2cccc3cc([C@H](C)NC(=O)c4c(C)nn5cccnc45)n(-c4ccccc4)c(=O)c23)CC1. The second kappa shape index (κ2) is 11.6. The number of nitrogens with zero attached hydrogens (tertiary/aromatic N) is 5. The van der Waals surface area contributed by atoms with Crippen molar-refractivity contribution in [3.63, 3.8) is 0 Å². The van der Waals surface area contributed by atoms with Gasteiger partial charge < -0.3 is 10.2 Å². The van der Waals surface area contributed by atoms with Gasteiger partial charge in [0, 0.05) is 55.3 Å². The predicted molar refractivity (Wildman–Crippen MR) is 165 cm³/mol. The molecule has 0 radical (unpaired) electrons. The highest BCUT2D eigenvalue weighted by molar-refractivity contribution is 6.01. The lowest BCUT2D eigenvalue weighted by molar-refractivity contribution is -0.129. The summed E-state index contributed by atoms with van der Waals surface area (Å²) in [5.41, 5.74) is 3.23. The number of nitrogens with one attached hydrogen (secondary N) is 1.